The molecule has 2 aliphatic heterocycles. The molecule has 2 heterocycles. The van der Waals surface area contributed by atoms with Crippen molar-refractivity contribution in [2.24, 2.45) is 5.92 Å². The molecule has 3 aliphatic rings. The predicted molar refractivity (Wildman–Crippen MR) is 467 cm³/mol. The Labute approximate surface area is 701 Å². The van der Waals surface area contributed by atoms with Crippen molar-refractivity contribution in [3.63, 3.8) is 0 Å². The van der Waals surface area contributed by atoms with Crippen LogP contribution in [0.1, 0.15) is 149 Å². The van der Waals surface area contributed by atoms with Gasteiger partial charge in [0.15, 0.2) is 45.7 Å². The summed E-state index contributed by atoms with van der Waals surface area (Å²) in [6.45, 7) is 30.8. The second kappa shape index (κ2) is 39.4. The molecule has 7 amide bonds. The van der Waals surface area contributed by atoms with E-state index >= 15 is 9.59 Å². The van der Waals surface area contributed by atoms with Gasteiger partial charge >= 0.3 is 18.3 Å². The van der Waals surface area contributed by atoms with E-state index in [-0.39, 0.29) is 101 Å². The van der Waals surface area contributed by atoms with Gasteiger partial charge in [0, 0.05) is 48.4 Å². The van der Waals surface area contributed by atoms with Gasteiger partial charge in [-0.25, -0.2) is 14.4 Å². The van der Waals surface area contributed by atoms with Crippen LogP contribution in [0, 0.1) is 5.92 Å². The average molecular weight is 1660 g/mol. The van der Waals surface area contributed by atoms with E-state index in [1.807, 2.05) is 109 Å². The highest BCUT2D eigenvalue weighted by molar-refractivity contribution is 6.74. The van der Waals surface area contributed by atoms with Gasteiger partial charge in [-0.2, -0.15) is 0 Å². The lowest BCUT2D eigenvalue weighted by Crippen LogP contribution is -2.53. The fraction of sp³-hybridized carbons (Fsp3) is 0.402. The number of alkyl carbamates (subject to hydrolysis) is 1. The van der Waals surface area contributed by atoms with Crippen LogP contribution in [0.3, 0.4) is 0 Å². The number of ether oxygens (including phenoxy) is 9. The molecule has 7 aromatic carbocycles. The third-order valence-corrected chi connectivity index (χ3v) is 31.7. The molecule has 1 aliphatic carbocycles. The number of carbonyl (C=O) groups excluding carboxylic acids is 7. The molecule has 0 saturated heterocycles. The molecular formula is C92H115N7O18Si2. The summed E-state index contributed by atoms with van der Waals surface area (Å²) in [5.74, 6) is 0.0745. The van der Waals surface area contributed by atoms with Crippen LogP contribution in [-0.4, -0.2) is 161 Å². The molecule has 4 atom stereocenters. The number of nitrogens with zero attached hydrogens (tertiary/aromatic N) is 3. The molecule has 0 radical (unpaired) electrons. The van der Waals surface area contributed by atoms with Gasteiger partial charge in [0.05, 0.1) is 89.5 Å². The Morgan fingerprint density at radius 3 is 1.52 bits per heavy atom. The Hall–Kier alpha value is -11.4. The minimum absolute atomic E-state index is 0.0434. The topological polar surface area (TPSA) is 279 Å². The van der Waals surface area contributed by atoms with Crippen LogP contribution in [0.15, 0.2) is 171 Å². The molecule has 7 aromatic rings. The molecule has 119 heavy (non-hydrogen) atoms. The third kappa shape index (κ3) is 22.1. The summed E-state index contributed by atoms with van der Waals surface area (Å²) < 4.78 is 67.1. The summed E-state index contributed by atoms with van der Waals surface area (Å²) in [6.07, 6.45) is 4.54. The van der Waals surface area contributed by atoms with Gasteiger partial charge in [-0.15, -0.1) is 0 Å². The molecule has 0 aromatic heterocycles. The van der Waals surface area contributed by atoms with Crippen molar-refractivity contribution < 1.29 is 85.0 Å². The molecule has 25 nitrogen and oxygen atoms in total. The summed E-state index contributed by atoms with van der Waals surface area (Å²) in [4.78, 5) is 104. The van der Waals surface area contributed by atoms with Gasteiger partial charge in [0.25, 0.3) is 11.8 Å². The number of unbranched alkanes of at least 4 members (excludes halogenated alkanes) is 2. The van der Waals surface area contributed by atoms with Gasteiger partial charge in [0.1, 0.15) is 36.8 Å². The van der Waals surface area contributed by atoms with Crippen molar-refractivity contribution >= 4 is 86.8 Å². The molecule has 0 saturated carbocycles. The van der Waals surface area contributed by atoms with Crippen molar-refractivity contribution in [3.05, 3.63) is 210 Å². The lowest BCUT2D eigenvalue weighted by molar-refractivity contribution is -0.128. The van der Waals surface area contributed by atoms with Crippen LogP contribution in [0.4, 0.5) is 31.4 Å². The van der Waals surface area contributed by atoms with Crippen LogP contribution in [0.2, 0.25) is 36.3 Å². The quantitative estimate of drug-likeness (QED) is 0.0124. The lowest BCUT2D eigenvalue weighted by atomic mass is 10.0. The fourth-order valence-electron chi connectivity index (χ4n) is 13.5. The van der Waals surface area contributed by atoms with E-state index in [2.05, 4.69) is 95.6 Å². The zero-order valence-corrected chi connectivity index (χ0v) is 73.7. The maximum Gasteiger partial charge on any atom is 0.414 e. The first-order valence-corrected chi connectivity index (χ1v) is 46.0. The summed E-state index contributed by atoms with van der Waals surface area (Å²) >= 11 is 0. The number of nitrogens with one attached hydrogen (secondary N) is 4. The second-order valence-corrected chi connectivity index (χ2v) is 42.9. The summed E-state index contributed by atoms with van der Waals surface area (Å²) in [6, 6.07) is 41.1. The molecule has 27 heteroatoms. The number of amides is 7. The number of fused-ring (bicyclic) bond motifs is 3. The molecule has 634 valence electrons. The number of hydrogen-bond donors (Lipinski definition) is 4. The largest absolute Gasteiger partial charge is 0.497 e. The number of benzene rings is 7. The standard InChI is InChI=1S/C92H115N7O18Si2/c1-20-44-113-89(105)96-82(58(2)3)85(101)93-59(4)84(100)94-65-38-32-60(33-39-65)55-114-88(104)95-76-51-80(78(109-14)49-74(76)86(102)98-53-63(61-34-40-68(107-12)41-35-61)47-66(98)56-115-118(16,17)91(5,6)7)111-45-26-21-27-46-112-81-52-77(97(11)90(106)117-83-72-30-24-22-28-70(72)71-29-23-25-31-73(71)83)75(50-79(81)110-15)87(103)99-54-64(62-36-42-69(108-13)43-37-62)48-67(99)57-116-119(18,19)92(8,9)10/h20,22-25,28-43,49-54,58-59,66-67,82-83H,1,21,26-27,44-48,55-57H2,2-19H3,(H,93,101)(H,94,100)(H,95,104)(H,96,105)/t59-,66-,67-,82-/m0/s1. The van der Waals surface area contributed by atoms with E-state index in [1.165, 1.54) is 32.1 Å². The number of hydrogen-bond acceptors (Lipinski definition) is 18. The number of carbonyl (C=O) groups is 7. The molecule has 0 fully saturated rings. The lowest BCUT2D eigenvalue weighted by Gasteiger charge is -2.38. The molecule has 0 bridgehead atoms. The average Bonchev–Trinajstić information content (AvgIpc) is 1.62. The first-order chi connectivity index (χ1) is 56.6. The normalized spacial score (nSPS) is 15.1. The number of methoxy groups -OCH3 is 4. The van der Waals surface area contributed by atoms with Crippen molar-refractivity contribution in [1.82, 2.24) is 20.4 Å². The van der Waals surface area contributed by atoms with Crippen molar-refractivity contribution in [2.75, 3.05) is 84.1 Å². The second-order valence-electron chi connectivity index (χ2n) is 33.2. The summed E-state index contributed by atoms with van der Waals surface area (Å²) in [7, 11) is 3.10. The Balaban J connectivity index is 0.877. The van der Waals surface area contributed by atoms with E-state index < -0.39 is 88.8 Å². The maximum atomic E-state index is 15.7. The van der Waals surface area contributed by atoms with Crippen molar-refractivity contribution in [2.45, 2.75) is 168 Å². The van der Waals surface area contributed by atoms with Gasteiger partial charge in [-0.05, 0) is 169 Å². The number of anilines is 3. The minimum atomic E-state index is -2.34. The molecular weight excluding hydrogens is 1550 g/mol. The van der Waals surface area contributed by atoms with Crippen molar-refractivity contribution in [1.29, 1.82) is 0 Å². The van der Waals surface area contributed by atoms with Crippen molar-refractivity contribution in [3.8, 4) is 45.6 Å². The highest BCUT2D eigenvalue weighted by Gasteiger charge is 2.43. The van der Waals surface area contributed by atoms with E-state index in [9.17, 15) is 24.0 Å². The van der Waals surface area contributed by atoms with E-state index in [4.69, 9.17) is 51.5 Å². The zero-order chi connectivity index (χ0) is 86.3. The summed E-state index contributed by atoms with van der Waals surface area (Å²) in [5.41, 5.74) is 8.70. The van der Waals surface area contributed by atoms with Gasteiger partial charge in [-0.1, -0.05) is 153 Å². The SMILES string of the molecule is C=CCOC(=O)N[C@H](C(=O)N[C@@H](C)C(=O)Nc1ccc(COC(=O)Nc2cc(OCCCCCOc3cc(N(C)C(=O)OC4c5ccccc5-c5ccccc54)c(C(=O)N4C=C(c5ccc(OC)cc5)C[C@H]4CO[Si](C)(C)C(C)(C)C)cc3OC)c(OC)cc2C(=O)N2C=C(c3ccc(OC)cc3)C[C@H]2CO[Si](C)(C)C(C)(C)C)cc1)C(C)C. The Bertz CT molecular complexity index is 4820. The van der Waals surface area contributed by atoms with E-state index in [0.29, 0.717) is 54.9 Å². The number of rotatable bonds is 35. The maximum absolute atomic E-state index is 15.7. The van der Waals surface area contributed by atoms with Crippen LogP contribution in [0.5, 0.6) is 34.5 Å². The molecule has 0 unspecified atom stereocenters. The smallest absolute Gasteiger partial charge is 0.414 e. The predicted octanol–water partition coefficient (Wildman–Crippen LogP) is 18.4. The molecule has 4 N–H and O–H groups in total. The molecule has 10 rings (SSSR count). The first-order valence-electron chi connectivity index (χ1n) is 40.2. The minimum Gasteiger partial charge on any atom is -0.497 e. The zero-order valence-electron chi connectivity index (χ0n) is 71.7. The first kappa shape index (κ1) is 89.9. The Kier molecular flexibility index (Phi) is 29.8. The monoisotopic (exact) mass is 1660 g/mol. The highest BCUT2D eigenvalue weighted by Crippen LogP contribution is 2.48. The van der Waals surface area contributed by atoms with Gasteiger partial charge in [0.2, 0.25) is 11.8 Å². The Morgan fingerprint density at radius 1 is 0.555 bits per heavy atom. The fourth-order valence-corrected chi connectivity index (χ4v) is 15.6. The Morgan fingerprint density at radius 2 is 1.04 bits per heavy atom. The van der Waals surface area contributed by atoms with Gasteiger partial charge < -0.3 is 77.2 Å². The van der Waals surface area contributed by atoms with Crippen LogP contribution < -0.4 is 54.6 Å². The van der Waals surface area contributed by atoms with Crippen LogP contribution in [0.25, 0.3) is 22.3 Å². The molecule has 0 spiro atoms. The third-order valence-electron chi connectivity index (χ3n) is 22.7. The van der Waals surface area contributed by atoms with E-state index in [0.717, 1.165) is 44.5 Å². The summed E-state index contributed by atoms with van der Waals surface area (Å²) in [5, 5.41) is 10.6. The van der Waals surface area contributed by atoms with E-state index in [1.54, 1.807) is 93.4 Å². The van der Waals surface area contributed by atoms with Crippen LogP contribution >= 0.6 is 0 Å². The van der Waals surface area contributed by atoms with Crippen LogP contribution in [-0.2, 0) is 39.3 Å². The highest BCUT2D eigenvalue weighted by atomic mass is 28.4. The van der Waals surface area contributed by atoms with Gasteiger partial charge in [-0.3, -0.25) is 29.4 Å².